The molecule has 3 amide bonds. The molecule has 1 saturated carbocycles. The molecule has 1 aliphatic carbocycles. The van der Waals surface area contributed by atoms with Gasteiger partial charge in [0.15, 0.2) is 0 Å². The SMILES string of the molecule is C=CC(=O)N1CCN(C2NC(=O)N3C4NC(C(Cl)CC42)C2CCC(F)CC2NC(C)C2NCNC(C(C)C)C23)[C@@H](C)C1. The summed E-state index contributed by atoms with van der Waals surface area (Å²) in [5, 5.41) is 18.4. The molecule has 0 radical (unpaired) electrons. The second-order valence-corrected chi connectivity index (χ2v) is 14.5. The largest absolute Gasteiger partial charge is 0.336 e. The summed E-state index contributed by atoms with van der Waals surface area (Å²) in [4.78, 5) is 33.0. The Balaban J connectivity index is 1.38. The maximum Gasteiger partial charge on any atom is 0.320 e. The molecule has 13 atom stereocenters. The fourth-order valence-corrected chi connectivity index (χ4v) is 9.62. The number of fused-ring (bicyclic) bond motifs is 5. The molecule has 0 spiro atoms. The van der Waals surface area contributed by atoms with Crippen molar-refractivity contribution in [3.8, 4) is 0 Å². The molecule has 6 fully saturated rings. The van der Waals surface area contributed by atoms with Crippen LogP contribution in [-0.4, -0.2) is 119 Å². The first-order valence-electron chi connectivity index (χ1n) is 16.1. The molecule has 5 heterocycles. The zero-order valence-electron chi connectivity index (χ0n) is 25.4. The minimum atomic E-state index is -0.811. The van der Waals surface area contributed by atoms with Gasteiger partial charge in [-0.05, 0) is 57.4 Å². The van der Waals surface area contributed by atoms with Gasteiger partial charge in [0, 0.05) is 73.8 Å². The normalized spacial score (nSPS) is 46.4. The van der Waals surface area contributed by atoms with Crippen molar-refractivity contribution in [2.75, 3.05) is 26.3 Å². The van der Waals surface area contributed by atoms with Crippen LogP contribution in [0.3, 0.4) is 0 Å². The quantitative estimate of drug-likeness (QED) is 0.244. The third kappa shape index (κ3) is 5.36. The Bertz CT molecular complexity index is 1040. The Morgan fingerprint density at radius 1 is 1.07 bits per heavy atom. The van der Waals surface area contributed by atoms with E-state index in [4.69, 9.17) is 11.6 Å². The van der Waals surface area contributed by atoms with Crippen molar-refractivity contribution in [2.45, 2.75) is 120 Å². The van der Waals surface area contributed by atoms with Crippen LogP contribution in [0.2, 0.25) is 0 Å². The highest BCUT2D eigenvalue weighted by molar-refractivity contribution is 6.21. The van der Waals surface area contributed by atoms with E-state index in [9.17, 15) is 14.0 Å². The minimum absolute atomic E-state index is 0.0123. The average Bonchev–Trinajstić information content (AvgIpc) is 2.96. The molecule has 2 bridgehead atoms. The number of alkyl halides is 2. The number of nitrogens with zero attached hydrogens (tertiary/aromatic N) is 3. The minimum Gasteiger partial charge on any atom is -0.336 e. The summed E-state index contributed by atoms with van der Waals surface area (Å²) in [6.45, 7) is 14.9. The van der Waals surface area contributed by atoms with Crippen LogP contribution in [0.1, 0.15) is 53.4 Å². The van der Waals surface area contributed by atoms with E-state index >= 15 is 0 Å². The Morgan fingerprint density at radius 3 is 2.57 bits per heavy atom. The smallest absolute Gasteiger partial charge is 0.320 e. The Morgan fingerprint density at radius 2 is 1.86 bits per heavy atom. The van der Waals surface area contributed by atoms with Gasteiger partial charge in [0.1, 0.15) is 6.17 Å². The molecular weight excluding hydrogens is 559 g/mol. The van der Waals surface area contributed by atoms with Gasteiger partial charge < -0.3 is 20.4 Å². The van der Waals surface area contributed by atoms with Gasteiger partial charge in [0.05, 0.1) is 18.4 Å². The van der Waals surface area contributed by atoms with Crippen molar-refractivity contribution in [1.29, 1.82) is 0 Å². The second kappa shape index (κ2) is 12.1. The number of carbonyl (C=O) groups excluding carboxylic acids is 2. The molecule has 0 aromatic carbocycles. The van der Waals surface area contributed by atoms with Crippen molar-refractivity contribution >= 4 is 23.5 Å². The topological polar surface area (TPSA) is 104 Å². The van der Waals surface area contributed by atoms with Crippen LogP contribution in [0.25, 0.3) is 0 Å². The molecular formula is C30H50ClFN8O2. The Kier molecular flexibility index (Phi) is 8.81. The molecule has 236 valence electrons. The predicted molar refractivity (Wildman–Crippen MR) is 162 cm³/mol. The highest BCUT2D eigenvalue weighted by Gasteiger charge is 2.57. The summed E-state index contributed by atoms with van der Waals surface area (Å²) in [7, 11) is 0. The summed E-state index contributed by atoms with van der Waals surface area (Å²) < 4.78 is 14.8. The number of piperidine rings is 1. The number of piperazine rings is 1. The maximum absolute atomic E-state index is 14.8. The molecule has 0 aromatic heterocycles. The van der Waals surface area contributed by atoms with Crippen LogP contribution < -0.4 is 26.6 Å². The molecule has 12 unspecified atom stereocenters. The summed E-state index contributed by atoms with van der Waals surface area (Å²) in [6.07, 6.45) is 2.70. The second-order valence-electron chi connectivity index (χ2n) is 13.9. The Hall–Kier alpha value is -1.50. The van der Waals surface area contributed by atoms with Crippen LogP contribution in [0.5, 0.6) is 0 Å². The monoisotopic (exact) mass is 608 g/mol. The summed E-state index contributed by atoms with van der Waals surface area (Å²) in [6, 6.07) is -0.0458. The van der Waals surface area contributed by atoms with Crippen molar-refractivity contribution < 1.29 is 14.0 Å². The number of hydrogen-bond acceptors (Lipinski definition) is 7. The first kappa shape index (κ1) is 30.5. The van der Waals surface area contributed by atoms with Crippen molar-refractivity contribution in [2.24, 2.45) is 17.8 Å². The highest BCUT2D eigenvalue weighted by atomic mass is 35.5. The molecule has 5 N–H and O–H groups in total. The van der Waals surface area contributed by atoms with E-state index < -0.39 is 6.17 Å². The third-order valence-electron chi connectivity index (χ3n) is 11.2. The van der Waals surface area contributed by atoms with Gasteiger partial charge in [-0.3, -0.25) is 25.6 Å². The fraction of sp³-hybridized carbons (Fsp3) is 0.867. The fourth-order valence-electron chi connectivity index (χ4n) is 9.15. The lowest BCUT2D eigenvalue weighted by atomic mass is 9.72. The van der Waals surface area contributed by atoms with Crippen molar-refractivity contribution in [3.05, 3.63) is 12.7 Å². The zero-order valence-corrected chi connectivity index (χ0v) is 26.2. The molecule has 10 nitrogen and oxygen atoms in total. The predicted octanol–water partition coefficient (Wildman–Crippen LogP) is 1.38. The zero-order chi connectivity index (χ0) is 29.9. The molecule has 12 heteroatoms. The first-order chi connectivity index (χ1) is 20.1. The van der Waals surface area contributed by atoms with Crippen LogP contribution in [0.15, 0.2) is 12.7 Å². The molecule has 6 rings (SSSR count). The molecule has 5 aliphatic heterocycles. The number of hydrogen-bond donors (Lipinski definition) is 5. The van der Waals surface area contributed by atoms with E-state index in [0.717, 1.165) is 12.8 Å². The average molecular weight is 609 g/mol. The van der Waals surface area contributed by atoms with E-state index in [1.807, 2.05) is 4.90 Å². The van der Waals surface area contributed by atoms with Crippen LogP contribution in [0.4, 0.5) is 9.18 Å². The molecule has 42 heavy (non-hydrogen) atoms. The summed E-state index contributed by atoms with van der Waals surface area (Å²) >= 11 is 7.29. The van der Waals surface area contributed by atoms with E-state index in [1.165, 1.54) is 6.08 Å². The van der Waals surface area contributed by atoms with Crippen LogP contribution in [0, 0.1) is 17.8 Å². The maximum atomic E-state index is 14.8. The van der Waals surface area contributed by atoms with Gasteiger partial charge in [-0.1, -0.05) is 20.4 Å². The van der Waals surface area contributed by atoms with Gasteiger partial charge in [-0.15, -0.1) is 11.6 Å². The third-order valence-corrected chi connectivity index (χ3v) is 11.6. The summed E-state index contributed by atoms with van der Waals surface area (Å²) in [5.74, 6) is 0.463. The van der Waals surface area contributed by atoms with Gasteiger partial charge in [0.25, 0.3) is 0 Å². The van der Waals surface area contributed by atoms with Gasteiger partial charge in [-0.25, -0.2) is 9.18 Å². The van der Waals surface area contributed by atoms with Gasteiger partial charge in [-0.2, -0.15) is 0 Å². The van der Waals surface area contributed by atoms with E-state index in [0.29, 0.717) is 45.1 Å². The molecule has 5 saturated heterocycles. The first-order valence-corrected chi connectivity index (χ1v) is 16.6. The molecule has 6 aliphatic rings. The number of amides is 3. The number of halogens is 2. The van der Waals surface area contributed by atoms with Crippen molar-refractivity contribution in [3.63, 3.8) is 0 Å². The van der Waals surface area contributed by atoms with Crippen molar-refractivity contribution in [1.82, 2.24) is 41.3 Å². The standard InChI is InChI=1S/C30H50ClFN8O2/c1-6-23(41)38-9-10-39(16(4)13-38)28-20-12-21(31)26-19-8-7-18(32)11-22(19)35-17(5)25-27(24(15(2)3)33-14-34-25)40(29(20)36-26)30(42)37-28/h6,15-22,24-29,33-36H,1,7-14H2,2-5H3,(H,37,42)/t16-,17?,18?,19?,20?,21?,22?,24?,25?,26?,27?,28?,29?/m0/s1. The number of urea groups is 1. The van der Waals surface area contributed by atoms with Gasteiger partial charge in [0.2, 0.25) is 5.91 Å². The van der Waals surface area contributed by atoms with Gasteiger partial charge >= 0.3 is 6.03 Å². The van der Waals surface area contributed by atoms with Crippen LogP contribution >= 0.6 is 11.6 Å². The Labute approximate surface area is 254 Å². The van der Waals surface area contributed by atoms with E-state index in [2.05, 4.69) is 70.7 Å². The van der Waals surface area contributed by atoms with E-state index in [-0.39, 0.29) is 83.8 Å². The number of carbonyl (C=O) groups is 2. The van der Waals surface area contributed by atoms with Crippen LogP contribution in [-0.2, 0) is 4.79 Å². The lowest BCUT2D eigenvalue weighted by molar-refractivity contribution is -0.131. The number of nitrogens with one attached hydrogen (secondary N) is 5. The summed E-state index contributed by atoms with van der Waals surface area (Å²) in [5.41, 5.74) is 0. The highest BCUT2D eigenvalue weighted by Crippen LogP contribution is 2.42. The molecule has 0 aromatic rings. The lowest BCUT2D eigenvalue weighted by Gasteiger charge is -2.61. The van der Waals surface area contributed by atoms with E-state index in [1.54, 1.807) is 0 Å². The lowest BCUT2D eigenvalue weighted by Crippen LogP contribution is -2.83. The number of rotatable bonds is 3.